The molecule has 0 saturated carbocycles. The molecule has 0 spiro atoms. The monoisotopic (exact) mass is 568 g/mol. The predicted molar refractivity (Wildman–Crippen MR) is 151 cm³/mol. The van der Waals surface area contributed by atoms with Crippen molar-refractivity contribution in [1.82, 2.24) is 19.6 Å². The molecule has 1 aliphatic heterocycles. The molecule has 0 amide bonds. The number of rotatable bonds is 5. The summed E-state index contributed by atoms with van der Waals surface area (Å²) in [5, 5.41) is 5.76. The maximum atomic E-state index is 13.7. The third-order valence-electron chi connectivity index (χ3n) is 7.12. The Bertz CT molecular complexity index is 2050. The lowest BCUT2D eigenvalue weighted by molar-refractivity contribution is 0.346. The van der Waals surface area contributed by atoms with Crippen LogP contribution in [0.15, 0.2) is 76.2 Å². The van der Waals surface area contributed by atoms with Gasteiger partial charge < -0.3 is 23.4 Å². The Morgan fingerprint density at radius 3 is 2.41 bits per heavy atom. The standard InChI is InChI=1S/C30H21ClN4O6/c1-37-20-13-22(39-3)21(38-2)12-17(20)23-24-26(16-9-5-7-11-19(16)40-30(24)36)41-29-25(23)28-33-27(34-35(28)14-32-29)15-8-4-6-10-18(15)31/h4-14,23H,1-3H3. The van der Waals surface area contributed by atoms with Crippen molar-refractivity contribution in [2.24, 2.45) is 0 Å². The van der Waals surface area contributed by atoms with E-state index in [2.05, 4.69) is 10.1 Å². The molecule has 0 bridgehead atoms. The van der Waals surface area contributed by atoms with E-state index in [1.54, 1.807) is 37.4 Å². The van der Waals surface area contributed by atoms with Gasteiger partial charge in [0, 0.05) is 17.2 Å². The summed E-state index contributed by atoms with van der Waals surface area (Å²) in [6.07, 6.45) is 1.52. The number of methoxy groups -OCH3 is 3. The SMILES string of the molecule is COc1cc(OC)c(C2c3c(c4ccccc4oc3=O)Oc3ncn4nc(-c5ccccc5Cl)nc4c32)cc1OC. The summed E-state index contributed by atoms with van der Waals surface area (Å²) in [4.78, 5) is 23.2. The van der Waals surface area contributed by atoms with Gasteiger partial charge in [0.15, 0.2) is 28.7 Å². The van der Waals surface area contributed by atoms with Gasteiger partial charge in [-0.2, -0.15) is 0 Å². The Morgan fingerprint density at radius 1 is 0.902 bits per heavy atom. The Balaban J connectivity index is 1.59. The van der Waals surface area contributed by atoms with Crippen LogP contribution in [0.25, 0.3) is 28.0 Å². The summed E-state index contributed by atoms with van der Waals surface area (Å²) in [7, 11) is 4.62. The third-order valence-corrected chi connectivity index (χ3v) is 7.45. The van der Waals surface area contributed by atoms with E-state index in [-0.39, 0.29) is 11.4 Å². The van der Waals surface area contributed by atoms with Crippen molar-refractivity contribution in [3.05, 3.63) is 99.1 Å². The van der Waals surface area contributed by atoms with Crippen LogP contribution >= 0.6 is 11.6 Å². The molecular formula is C30H21ClN4O6. The van der Waals surface area contributed by atoms with Crippen molar-refractivity contribution in [3.63, 3.8) is 0 Å². The van der Waals surface area contributed by atoms with Crippen molar-refractivity contribution < 1.29 is 23.4 Å². The van der Waals surface area contributed by atoms with E-state index in [4.69, 9.17) is 39.9 Å². The lowest BCUT2D eigenvalue weighted by Crippen LogP contribution is -2.23. The number of aromatic nitrogens is 4. The lowest BCUT2D eigenvalue weighted by Gasteiger charge is -2.28. The Hall–Kier alpha value is -5.09. The number of nitrogens with zero attached hydrogens (tertiary/aromatic N) is 4. The molecule has 11 heteroatoms. The third kappa shape index (κ3) is 3.79. The van der Waals surface area contributed by atoms with E-state index in [1.165, 1.54) is 25.1 Å². The maximum Gasteiger partial charge on any atom is 0.344 e. The molecule has 0 radical (unpaired) electrons. The summed E-state index contributed by atoms with van der Waals surface area (Å²) in [6.45, 7) is 0. The highest BCUT2D eigenvalue weighted by molar-refractivity contribution is 6.33. The maximum absolute atomic E-state index is 13.7. The van der Waals surface area contributed by atoms with Crippen molar-refractivity contribution in [3.8, 4) is 40.3 Å². The lowest BCUT2D eigenvalue weighted by atomic mass is 9.83. The fourth-order valence-electron chi connectivity index (χ4n) is 5.28. The molecule has 10 nitrogen and oxygen atoms in total. The van der Waals surface area contributed by atoms with Crippen LogP contribution in [0.5, 0.6) is 28.9 Å². The van der Waals surface area contributed by atoms with E-state index < -0.39 is 11.5 Å². The molecule has 1 aliphatic rings. The number of fused-ring (bicyclic) bond motifs is 6. The van der Waals surface area contributed by atoms with E-state index in [0.29, 0.717) is 67.2 Å². The molecule has 204 valence electrons. The summed E-state index contributed by atoms with van der Waals surface area (Å²) < 4.78 is 30.7. The quantitative estimate of drug-likeness (QED) is 0.236. The van der Waals surface area contributed by atoms with Crippen molar-refractivity contribution in [2.45, 2.75) is 5.92 Å². The topological polar surface area (TPSA) is 110 Å². The first-order valence-corrected chi connectivity index (χ1v) is 12.9. The summed E-state index contributed by atoms with van der Waals surface area (Å²) in [5.74, 6) is 1.57. The number of hydrogen-bond donors (Lipinski definition) is 0. The van der Waals surface area contributed by atoms with E-state index >= 15 is 0 Å². The summed E-state index contributed by atoms with van der Waals surface area (Å²) in [6, 6.07) is 17.9. The zero-order valence-electron chi connectivity index (χ0n) is 22.0. The highest BCUT2D eigenvalue weighted by Gasteiger charge is 2.39. The first-order chi connectivity index (χ1) is 20.0. The predicted octanol–water partition coefficient (Wildman–Crippen LogP) is 5.86. The molecular weight excluding hydrogens is 548 g/mol. The van der Waals surface area contributed by atoms with Crippen LogP contribution in [-0.4, -0.2) is 40.9 Å². The average Bonchev–Trinajstić information content (AvgIpc) is 3.44. The van der Waals surface area contributed by atoms with E-state index in [0.717, 1.165) is 0 Å². The zero-order valence-corrected chi connectivity index (χ0v) is 22.8. The van der Waals surface area contributed by atoms with Gasteiger partial charge in [0.05, 0.1) is 48.8 Å². The normalized spacial score (nSPS) is 13.9. The summed E-state index contributed by atoms with van der Waals surface area (Å²) >= 11 is 6.47. The van der Waals surface area contributed by atoms with Crippen LogP contribution in [-0.2, 0) is 0 Å². The van der Waals surface area contributed by atoms with E-state index in [9.17, 15) is 4.79 Å². The Kier molecular flexibility index (Phi) is 5.79. The zero-order chi connectivity index (χ0) is 28.2. The minimum atomic E-state index is -0.788. The molecule has 3 aromatic heterocycles. The summed E-state index contributed by atoms with van der Waals surface area (Å²) in [5.41, 5.74) is 2.24. The van der Waals surface area contributed by atoms with Gasteiger partial charge in [-0.3, -0.25) is 0 Å². The van der Waals surface area contributed by atoms with Gasteiger partial charge in [0.1, 0.15) is 17.7 Å². The fourth-order valence-corrected chi connectivity index (χ4v) is 5.50. The van der Waals surface area contributed by atoms with Gasteiger partial charge in [-0.15, -0.1) is 5.10 Å². The van der Waals surface area contributed by atoms with Crippen LogP contribution in [0.2, 0.25) is 5.02 Å². The highest BCUT2D eigenvalue weighted by atomic mass is 35.5. The van der Waals surface area contributed by atoms with Gasteiger partial charge in [-0.05, 0) is 30.3 Å². The fraction of sp³-hybridized carbons (Fsp3) is 0.133. The first-order valence-electron chi connectivity index (χ1n) is 12.6. The molecule has 1 unspecified atom stereocenters. The van der Waals surface area contributed by atoms with Crippen molar-refractivity contribution in [1.29, 1.82) is 0 Å². The average molecular weight is 569 g/mol. The van der Waals surface area contributed by atoms with Crippen LogP contribution in [0.1, 0.15) is 22.6 Å². The number of hydrogen-bond acceptors (Lipinski definition) is 9. The van der Waals surface area contributed by atoms with Crippen molar-refractivity contribution in [2.75, 3.05) is 21.3 Å². The number of halogens is 1. The van der Waals surface area contributed by atoms with Gasteiger partial charge in [0.2, 0.25) is 5.88 Å². The van der Waals surface area contributed by atoms with Gasteiger partial charge in [0.25, 0.3) is 0 Å². The molecule has 1 atom stereocenters. The van der Waals surface area contributed by atoms with Gasteiger partial charge in [-0.25, -0.2) is 19.3 Å². The second-order valence-electron chi connectivity index (χ2n) is 9.26. The van der Waals surface area contributed by atoms with Crippen LogP contribution in [0.4, 0.5) is 0 Å². The smallest absolute Gasteiger partial charge is 0.344 e. The molecule has 4 heterocycles. The second-order valence-corrected chi connectivity index (χ2v) is 9.67. The van der Waals surface area contributed by atoms with Crippen molar-refractivity contribution >= 4 is 28.2 Å². The molecule has 0 aliphatic carbocycles. The molecule has 0 N–H and O–H groups in total. The second kappa shape index (κ2) is 9.53. The highest BCUT2D eigenvalue weighted by Crippen LogP contribution is 2.52. The number of benzene rings is 3. The van der Waals surface area contributed by atoms with Crippen LogP contribution in [0, 0.1) is 0 Å². The van der Waals surface area contributed by atoms with Gasteiger partial charge in [-0.1, -0.05) is 35.9 Å². The molecule has 0 fully saturated rings. The number of ether oxygens (including phenoxy) is 4. The minimum absolute atomic E-state index is 0.263. The first kappa shape index (κ1) is 24.9. The minimum Gasteiger partial charge on any atom is -0.496 e. The van der Waals surface area contributed by atoms with Crippen LogP contribution < -0.4 is 24.6 Å². The molecule has 7 rings (SSSR count). The molecule has 6 aromatic rings. The Morgan fingerprint density at radius 2 is 1.63 bits per heavy atom. The molecule has 0 saturated heterocycles. The van der Waals surface area contributed by atoms with E-state index in [1.807, 2.05) is 30.3 Å². The molecule has 3 aromatic carbocycles. The number of para-hydroxylation sites is 1. The van der Waals surface area contributed by atoms with Gasteiger partial charge >= 0.3 is 5.63 Å². The van der Waals surface area contributed by atoms with Crippen LogP contribution in [0.3, 0.4) is 0 Å². The largest absolute Gasteiger partial charge is 0.496 e. The Labute approximate surface area is 237 Å². The molecule has 41 heavy (non-hydrogen) atoms.